The molecule has 0 N–H and O–H groups in total. The van der Waals surface area contributed by atoms with Gasteiger partial charge in [0, 0.05) is 12.6 Å². The molecule has 0 saturated heterocycles. The van der Waals surface area contributed by atoms with Crippen LogP contribution in [0.25, 0.3) is 0 Å². The summed E-state index contributed by atoms with van der Waals surface area (Å²) in [7, 11) is 1.42. The van der Waals surface area contributed by atoms with E-state index in [4.69, 9.17) is 0 Å². The first kappa shape index (κ1) is 15.2. The number of amides is 1. The van der Waals surface area contributed by atoms with E-state index in [1.807, 2.05) is 0 Å². The molecule has 104 valence electrons. The van der Waals surface area contributed by atoms with Crippen molar-refractivity contribution in [3.05, 3.63) is 47.8 Å². The standard InChI is InChI=1S/C13H13F4NO/c1-4-12(19)18(3)8(2)10-6-5-9(7-11(10)14)13(15,16)17/h4-8H,1H2,2-3H3. The lowest BCUT2D eigenvalue weighted by Crippen LogP contribution is -2.28. The van der Waals surface area contributed by atoms with E-state index in [1.54, 1.807) is 0 Å². The summed E-state index contributed by atoms with van der Waals surface area (Å²) < 4.78 is 50.9. The molecule has 0 saturated carbocycles. The molecular formula is C13H13F4NO. The lowest BCUT2D eigenvalue weighted by molar-refractivity contribution is -0.137. The molecule has 2 nitrogen and oxygen atoms in total. The number of halogens is 4. The summed E-state index contributed by atoms with van der Waals surface area (Å²) in [5, 5.41) is 0. The van der Waals surface area contributed by atoms with Crippen LogP contribution in [-0.2, 0) is 11.0 Å². The number of alkyl halides is 3. The Kier molecular flexibility index (Phi) is 4.34. The molecule has 0 aromatic heterocycles. The molecule has 19 heavy (non-hydrogen) atoms. The van der Waals surface area contributed by atoms with Crippen LogP contribution in [0.4, 0.5) is 17.6 Å². The molecule has 0 fully saturated rings. The Morgan fingerprint density at radius 3 is 2.42 bits per heavy atom. The highest BCUT2D eigenvalue weighted by molar-refractivity contribution is 5.87. The first-order valence-electron chi connectivity index (χ1n) is 5.44. The van der Waals surface area contributed by atoms with Gasteiger partial charge in [0.2, 0.25) is 5.91 Å². The van der Waals surface area contributed by atoms with Crippen molar-refractivity contribution in [3.63, 3.8) is 0 Å². The van der Waals surface area contributed by atoms with Gasteiger partial charge < -0.3 is 4.90 Å². The summed E-state index contributed by atoms with van der Waals surface area (Å²) in [5.74, 6) is -1.43. The Morgan fingerprint density at radius 1 is 1.42 bits per heavy atom. The first-order chi connectivity index (χ1) is 8.68. The van der Waals surface area contributed by atoms with Crippen LogP contribution >= 0.6 is 0 Å². The zero-order chi connectivity index (χ0) is 14.8. The summed E-state index contributed by atoms with van der Waals surface area (Å²) in [6, 6.07) is 1.57. The SMILES string of the molecule is C=CC(=O)N(C)C(C)c1ccc(C(F)(F)F)cc1F. The quantitative estimate of drug-likeness (QED) is 0.610. The van der Waals surface area contributed by atoms with Crippen LogP contribution in [0.3, 0.4) is 0 Å². The normalized spacial score (nSPS) is 12.9. The van der Waals surface area contributed by atoms with Gasteiger partial charge in [-0.05, 0) is 25.1 Å². The minimum absolute atomic E-state index is 0.0192. The van der Waals surface area contributed by atoms with E-state index in [0.29, 0.717) is 6.07 Å². The van der Waals surface area contributed by atoms with E-state index in [-0.39, 0.29) is 5.56 Å². The Balaban J connectivity index is 3.09. The van der Waals surface area contributed by atoms with Crippen LogP contribution in [-0.4, -0.2) is 17.9 Å². The molecule has 1 amide bonds. The van der Waals surface area contributed by atoms with Crippen LogP contribution in [0, 0.1) is 5.82 Å². The maximum absolute atomic E-state index is 13.7. The molecule has 0 aliphatic heterocycles. The van der Waals surface area contributed by atoms with Crippen LogP contribution in [0.5, 0.6) is 0 Å². The largest absolute Gasteiger partial charge is 0.416 e. The van der Waals surface area contributed by atoms with Gasteiger partial charge in [-0.2, -0.15) is 13.2 Å². The second kappa shape index (κ2) is 5.42. The van der Waals surface area contributed by atoms with E-state index in [2.05, 4.69) is 6.58 Å². The molecule has 1 aromatic carbocycles. The molecular weight excluding hydrogens is 262 g/mol. The van der Waals surface area contributed by atoms with Gasteiger partial charge in [-0.15, -0.1) is 0 Å². The number of likely N-dealkylation sites (N-methyl/N-ethyl adjacent to an activating group) is 1. The summed E-state index contributed by atoms with van der Waals surface area (Å²) in [6.07, 6.45) is -3.54. The minimum Gasteiger partial charge on any atom is -0.335 e. The van der Waals surface area contributed by atoms with Gasteiger partial charge in [-0.25, -0.2) is 4.39 Å². The molecule has 1 rings (SSSR count). The van der Waals surface area contributed by atoms with Crippen LogP contribution in [0.2, 0.25) is 0 Å². The van der Waals surface area contributed by atoms with Gasteiger partial charge in [0.15, 0.2) is 0 Å². The Hall–Kier alpha value is -1.85. The number of hydrogen-bond donors (Lipinski definition) is 0. The van der Waals surface area contributed by atoms with Gasteiger partial charge in [0.05, 0.1) is 11.6 Å². The average Bonchev–Trinajstić information content (AvgIpc) is 2.34. The summed E-state index contributed by atoms with van der Waals surface area (Å²) in [6.45, 7) is 4.81. The lowest BCUT2D eigenvalue weighted by atomic mass is 10.0. The molecule has 1 aromatic rings. The van der Waals surface area contributed by atoms with Crippen molar-refractivity contribution < 1.29 is 22.4 Å². The molecule has 0 bridgehead atoms. The zero-order valence-electron chi connectivity index (χ0n) is 10.5. The van der Waals surface area contributed by atoms with Crippen molar-refractivity contribution in [1.29, 1.82) is 0 Å². The summed E-state index contributed by atoms with van der Waals surface area (Å²) >= 11 is 0. The van der Waals surface area contributed by atoms with Gasteiger partial charge in [-0.1, -0.05) is 12.6 Å². The average molecular weight is 275 g/mol. The van der Waals surface area contributed by atoms with E-state index in [1.165, 1.54) is 18.9 Å². The van der Waals surface area contributed by atoms with Gasteiger partial charge in [0.25, 0.3) is 0 Å². The monoisotopic (exact) mass is 275 g/mol. The number of rotatable bonds is 3. The first-order valence-corrected chi connectivity index (χ1v) is 5.44. The number of nitrogens with zero attached hydrogens (tertiary/aromatic N) is 1. The highest BCUT2D eigenvalue weighted by atomic mass is 19.4. The second-order valence-corrected chi connectivity index (χ2v) is 4.06. The zero-order valence-corrected chi connectivity index (χ0v) is 10.5. The number of carbonyl (C=O) groups is 1. The Labute approximate surface area is 108 Å². The third-order valence-electron chi connectivity index (χ3n) is 2.88. The Bertz CT molecular complexity index is 496. The summed E-state index contributed by atoms with van der Waals surface area (Å²) in [4.78, 5) is 12.6. The van der Waals surface area contributed by atoms with Crippen LogP contribution in [0.1, 0.15) is 24.1 Å². The predicted octanol–water partition coefficient (Wildman–Crippen LogP) is 3.55. The van der Waals surface area contributed by atoms with Crippen molar-refractivity contribution in [3.8, 4) is 0 Å². The minimum atomic E-state index is -4.59. The second-order valence-electron chi connectivity index (χ2n) is 4.06. The molecule has 0 aliphatic rings. The predicted molar refractivity (Wildman–Crippen MR) is 62.8 cm³/mol. The lowest BCUT2D eigenvalue weighted by Gasteiger charge is -2.24. The van der Waals surface area contributed by atoms with Gasteiger partial charge in [-0.3, -0.25) is 4.79 Å². The van der Waals surface area contributed by atoms with E-state index in [0.717, 1.165) is 18.2 Å². The highest BCUT2D eigenvalue weighted by Gasteiger charge is 2.31. The third kappa shape index (κ3) is 3.33. The molecule has 0 spiro atoms. The van der Waals surface area contributed by atoms with Crippen LogP contribution in [0.15, 0.2) is 30.9 Å². The van der Waals surface area contributed by atoms with Crippen molar-refractivity contribution in [2.24, 2.45) is 0 Å². The van der Waals surface area contributed by atoms with Crippen molar-refractivity contribution >= 4 is 5.91 Å². The fourth-order valence-electron chi connectivity index (χ4n) is 1.59. The van der Waals surface area contributed by atoms with Gasteiger partial charge in [0.1, 0.15) is 5.82 Å². The highest BCUT2D eigenvalue weighted by Crippen LogP contribution is 2.32. The molecule has 6 heteroatoms. The van der Waals surface area contributed by atoms with Crippen molar-refractivity contribution in [1.82, 2.24) is 4.90 Å². The van der Waals surface area contributed by atoms with E-state index >= 15 is 0 Å². The fraction of sp³-hybridized carbons (Fsp3) is 0.308. The number of carbonyl (C=O) groups excluding carboxylic acids is 1. The van der Waals surface area contributed by atoms with Crippen LogP contribution < -0.4 is 0 Å². The molecule has 0 aliphatic carbocycles. The topological polar surface area (TPSA) is 20.3 Å². The molecule has 1 atom stereocenters. The number of hydrogen-bond acceptors (Lipinski definition) is 1. The van der Waals surface area contributed by atoms with Gasteiger partial charge >= 0.3 is 6.18 Å². The maximum atomic E-state index is 13.7. The van der Waals surface area contributed by atoms with Crippen molar-refractivity contribution in [2.45, 2.75) is 19.1 Å². The van der Waals surface area contributed by atoms with Crippen molar-refractivity contribution in [2.75, 3.05) is 7.05 Å². The molecule has 1 unspecified atom stereocenters. The smallest absolute Gasteiger partial charge is 0.335 e. The summed E-state index contributed by atoms with van der Waals surface area (Å²) in [5.41, 5.74) is -1.04. The molecule has 0 heterocycles. The molecule has 0 radical (unpaired) electrons. The maximum Gasteiger partial charge on any atom is 0.416 e. The Morgan fingerprint density at radius 2 is 2.00 bits per heavy atom. The van der Waals surface area contributed by atoms with E-state index in [9.17, 15) is 22.4 Å². The fourth-order valence-corrected chi connectivity index (χ4v) is 1.59. The third-order valence-corrected chi connectivity index (χ3v) is 2.88. The van der Waals surface area contributed by atoms with E-state index < -0.39 is 29.5 Å². The number of benzene rings is 1.